The Bertz CT molecular complexity index is 597. The maximum Gasteiger partial charge on any atom is 0.113 e. The smallest absolute Gasteiger partial charge is 0.113 e. The minimum atomic E-state index is -0.0875. The Hall–Kier alpha value is -0.710. The number of aromatic nitrogens is 1. The van der Waals surface area contributed by atoms with Gasteiger partial charge in [-0.3, -0.25) is 0 Å². The van der Waals surface area contributed by atoms with E-state index < -0.39 is 0 Å². The zero-order valence-electron chi connectivity index (χ0n) is 12.6. The molecule has 1 unspecified atom stereocenters. The summed E-state index contributed by atoms with van der Waals surface area (Å²) in [7, 11) is 2.04. The number of nitrogens with zero attached hydrogens (tertiary/aromatic N) is 1. The molecule has 1 N–H and O–H groups in total. The summed E-state index contributed by atoms with van der Waals surface area (Å²) < 4.78 is 1.13. The van der Waals surface area contributed by atoms with E-state index in [9.17, 15) is 0 Å². The molecule has 2 nitrogen and oxygen atoms in total. The number of rotatable bonds is 4. The van der Waals surface area contributed by atoms with Crippen molar-refractivity contribution in [2.75, 3.05) is 7.05 Å². The minimum Gasteiger partial charge on any atom is -0.308 e. The summed E-state index contributed by atoms with van der Waals surface area (Å²) in [4.78, 5) is 6.46. The second kappa shape index (κ2) is 6.19. The first kappa shape index (κ1) is 15.2. The molecule has 1 heterocycles. The number of aryl methyl sites for hydroxylation is 2. The van der Waals surface area contributed by atoms with E-state index in [1.165, 1.54) is 40.4 Å². The molecule has 0 saturated carbocycles. The van der Waals surface area contributed by atoms with Gasteiger partial charge < -0.3 is 5.32 Å². The second-order valence-corrected chi connectivity index (χ2v) is 7.98. The van der Waals surface area contributed by atoms with Gasteiger partial charge in [0.1, 0.15) is 5.01 Å². The fourth-order valence-electron chi connectivity index (χ4n) is 2.87. The quantitative estimate of drug-likeness (QED) is 0.865. The lowest BCUT2D eigenvalue weighted by Crippen LogP contribution is -2.39. The number of hydrogen-bond donors (Lipinski definition) is 1. The molecule has 1 atom stereocenters. The standard InChI is InChI=1S/C17H21BrN2S/c1-17(19-2,11-12-7-9-13(18)10-8-12)16-20-14-5-3-4-6-15(14)21-16/h7-10,19H,3-6,11H2,1-2H3. The topological polar surface area (TPSA) is 24.9 Å². The fourth-order valence-corrected chi connectivity index (χ4v) is 4.43. The molecule has 2 aromatic rings. The first-order valence-corrected chi connectivity index (χ1v) is 9.14. The molecular weight excluding hydrogens is 344 g/mol. The van der Waals surface area contributed by atoms with Gasteiger partial charge >= 0.3 is 0 Å². The third kappa shape index (κ3) is 3.22. The molecule has 0 saturated heterocycles. The number of halogens is 1. The van der Waals surface area contributed by atoms with Crippen LogP contribution in [0.1, 0.15) is 40.9 Å². The van der Waals surface area contributed by atoms with Crippen LogP contribution in [0.4, 0.5) is 0 Å². The van der Waals surface area contributed by atoms with Crippen molar-refractivity contribution in [2.24, 2.45) is 0 Å². The molecule has 0 radical (unpaired) electrons. The van der Waals surface area contributed by atoms with Crippen molar-refractivity contribution in [3.63, 3.8) is 0 Å². The maximum absolute atomic E-state index is 4.95. The summed E-state index contributed by atoms with van der Waals surface area (Å²) in [6.07, 6.45) is 5.94. The molecule has 21 heavy (non-hydrogen) atoms. The Morgan fingerprint density at radius 1 is 1.24 bits per heavy atom. The van der Waals surface area contributed by atoms with E-state index in [4.69, 9.17) is 4.98 Å². The van der Waals surface area contributed by atoms with Gasteiger partial charge in [0.15, 0.2) is 0 Å². The van der Waals surface area contributed by atoms with Gasteiger partial charge in [0, 0.05) is 9.35 Å². The predicted molar refractivity (Wildman–Crippen MR) is 93.0 cm³/mol. The molecule has 3 rings (SSSR count). The SMILES string of the molecule is CNC(C)(Cc1ccc(Br)cc1)c1nc2c(s1)CCCC2. The lowest BCUT2D eigenvalue weighted by Gasteiger charge is -2.27. The first-order valence-electron chi connectivity index (χ1n) is 7.53. The van der Waals surface area contributed by atoms with Crippen LogP contribution in [0.5, 0.6) is 0 Å². The van der Waals surface area contributed by atoms with Crippen molar-refractivity contribution in [1.82, 2.24) is 10.3 Å². The number of likely N-dealkylation sites (N-methyl/N-ethyl adjacent to an activating group) is 1. The lowest BCUT2D eigenvalue weighted by atomic mass is 9.93. The highest BCUT2D eigenvalue weighted by Gasteiger charge is 2.30. The van der Waals surface area contributed by atoms with E-state index in [1.54, 1.807) is 0 Å². The summed E-state index contributed by atoms with van der Waals surface area (Å²) in [5.41, 5.74) is 2.59. The Morgan fingerprint density at radius 2 is 1.95 bits per heavy atom. The Kier molecular flexibility index (Phi) is 4.48. The van der Waals surface area contributed by atoms with Crippen LogP contribution in [-0.4, -0.2) is 12.0 Å². The van der Waals surface area contributed by atoms with Gasteiger partial charge in [0.25, 0.3) is 0 Å². The van der Waals surface area contributed by atoms with Crippen molar-refractivity contribution in [2.45, 2.75) is 44.6 Å². The van der Waals surface area contributed by atoms with Crippen LogP contribution in [0.2, 0.25) is 0 Å². The molecule has 0 amide bonds. The minimum absolute atomic E-state index is 0.0875. The van der Waals surface area contributed by atoms with E-state index in [0.717, 1.165) is 17.3 Å². The van der Waals surface area contributed by atoms with E-state index in [0.29, 0.717) is 0 Å². The van der Waals surface area contributed by atoms with Crippen molar-refractivity contribution >= 4 is 27.3 Å². The van der Waals surface area contributed by atoms with E-state index in [1.807, 2.05) is 18.4 Å². The van der Waals surface area contributed by atoms with Crippen molar-refractivity contribution in [3.05, 3.63) is 49.9 Å². The van der Waals surface area contributed by atoms with Gasteiger partial charge in [-0.2, -0.15) is 0 Å². The first-order chi connectivity index (χ1) is 10.1. The number of nitrogens with one attached hydrogen (secondary N) is 1. The highest BCUT2D eigenvalue weighted by Crippen LogP contribution is 2.34. The van der Waals surface area contributed by atoms with Gasteiger partial charge in [-0.1, -0.05) is 28.1 Å². The molecule has 0 aliphatic heterocycles. The van der Waals surface area contributed by atoms with Crippen LogP contribution in [0, 0.1) is 0 Å². The maximum atomic E-state index is 4.95. The monoisotopic (exact) mass is 364 g/mol. The van der Waals surface area contributed by atoms with Crippen LogP contribution in [0.15, 0.2) is 28.7 Å². The van der Waals surface area contributed by atoms with Crippen molar-refractivity contribution in [3.8, 4) is 0 Å². The fraction of sp³-hybridized carbons (Fsp3) is 0.471. The van der Waals surface area contributed by atoms with Gasteiger partial charge in [0.05, 0.1) is 11.2 Å². The van der Waals surface area contributed by atoms with Crippen LogP contribution >= 0.6 is 27.3 Å². The molecule has 0 spiro atoms. The van der Waals surface area contributed by atoms with Crippen LogP contribution in [-0.2, 0) is 24.8 Å². The molecular formula is C17H21BrN2S. The molecule has 1 aliphatic rings. The predicted octanol–water partition coefficient (Wildman–Crippen LogP) is 4.46. The highest BCUT2D eigenvalue weighted by atomic mass is 79.9. The summed E-state index contributed by atoms with van der Waals surface area (Å²) in [5.74, 6) is 0. The summed E-state index contributed by atoms with van der Waals surface area (Å²) >= 11 is 5.41. The molecule has 1 aliphatic carbocycles. The molecule has 0 fully saturated rings. The number of fused-ring (bicyclic) bond motifs is 1. The van der Waals surface area contributed by atoms with Crippen molar-refractivity contribution in [1.29, 1.82) is 0 Å². The Morgan fingerprint density at radius 3 is 2.62 bits per heavy atom. The number of thiazole rings is 1. The Labute approximate surface area is 139 Å². The molecule has 0 bridgehead atoms. The average Bonchev–Trinajstić information content (AvgIpc) is 2.94. The third-order valence-electron chi connectivity index (χ3n) is 4.34. The highest BCUT2D eigenvalue weighted by molar-refractivity contribution is 9.10. The normalized spacial score (nSPS) is 17.3. The lowest BCUT2D eigenvalue weighted by molar-refractivity contribution is 0.394. The van der Waals surface area contributed by atoms with Gasteiger partial charge in [-0.05, 0) is 63.8 Å². The third-order valence-corrected chi connectivity index (χ3v) is 6.29. The zero-order chi connectivity index (χ0) is 14.9. The zero-order valence-corrected chi connectivity index (χ0v) is 15.0. The van der Waals surface area contributed by atoms with Crippen LogP contribution in [0.3, 0.4) is 0 Å². The summed E-state index contributed by atoms with van der Waals surface area (Å²) in [6.45, 7) is 2.26. The number of hydrogen-bond acceptors (Lipinski definition) is 3. The second-order valence-electron chi connectivity index (χ2n) is 5.98. The van der Waals surface area contributed by atoms with E-state index in [2.05, 4.69) is 52.4 Å². The van der Waals surface area contributed by atoms with Crippen LogP contribution in [0.25, 0.3) is 0 Å². The van der Waals surface area contributed by atoms with Gasteiger partial charge in [-0.15, -0.1) is 11.3 Å². The summed E-state index contributed by atoms with van der Waals surface area (Å²) in [5, 5.41) is 4.74. The van der Waals surface area contributed by atoms with Crippen molar-refractivity contribution < 1.29 is 0 Å². The summed E-state index contributed by atoms with van der Waals surface area (Å²) in [6, 6.07) is 8.59. The van der Waals surface area contributed by atoms with Crippen LogP contribution < -0.4 is 5.32 Å². The van der Waals surface area contributed by atoms with E-state index in [-0.39, 0.29) is 5.54 Å². The molecule has 1 aromatic carbocycles. The molecule has 4 heteroatoms. The Balaban J connectivity index is 1.88. The molecule has 112 valence electrons. The number of benzene rings is 1. The van der Waals surface area contributed by atoms with Gasteiger partial charge in [0.2, 0.25) is 0 Å². The van der Waals surface area contributed by atoms with E-state index >= 15 is 0 Å². The van der Waals surface area contributed by atoms with Gasteiger partial charge in [-0.25, -0.2) is 4.98 Å². The average molecular weight is 365 g/mol. The molecule has 1 aromatic heterocycles. The largest absolute Gasteiger partial charge is 0.308 e.